The normalized spacial score (nSPS) is 13.2. The first-order valence-corrected chi connectivity index (χ1v) is 9.15. The summed E-state index contributed by atoms with van der Waals surface area (Å²) in [6, 6.07) is 8.12. The van der Waals surface area contributed by atoms with Gasteiger partial charge in [0.05, 0.1) is 36.2 Å². The van der Waals surface area contributed by atoms with Gasteiger partial charge >= 0.3 is 6.03 Å². The van der Waals surface area contributed by atoms with Gasteiger partial charge in [0, 0.05) is 20.2 Å². The molecule has 0 saturated heterocycles. The van der Waals surface area contributed by atoms with Gasteiger partial charge in [-0.2, -0.15) is 5.10 Å². The second-order valence-electron chi connectivity index (χ2n) is 6.39. The van der Waals surface area contributed by atoms with Gasteiger partial charge in [0.25, 0.3) is 0 Å². The van der Waals surface area contributed by atoms with Crippen LogP contribution in [0.2, 0.25) is 0 Å². The summed E-state index contributed by atoms with van der Waals surface area (Å²) >= 11 is 0. The maximum Gasteiger partial charge on any atom is 0.320 e. The number of aromatic nitrogens is 2. The third-order valence-corrected chi connectivity index (χ3v) is 4.17. The molecule has 2 rings (SSSR count). The van der Waals surface area contributed by atoms with Crippen molar-refractivity contribution in [3.8, 4) is 5.69 Å². The Morgan fingerprint density at radius 2 is 2.07 bits per heavy atom. The van der Waals surface area contributed by atoms with Crippen LogP contribution < -0.4 is 16.0 Å². The first kappa shape index (κ1) is 21.8. The van der Waals surface area contributed by atoms with Gasteiger partial charge in [-0.3, -0.25) is 5.32 Å². The molecule has 1 aromatic carbocycles. The average Bonchev–Trinajstić information content (AvgIpc) is 3.00. The lowest BCUT2D eigenvalue weighted by Crippen LogP contribution is -2.46. The fourth-order valence-electron chi connectivity index (χ4n) is 2.83. The van der Waals surface area contributed by atoms with Crippen LogP contribution >= 0.6 is 0 Å². The number of urea groups is 1. The van der Waals surface area contributed by atoms with Crippen LogP contribution in [-0.2, 0) is 4.74 Å². The van der Waals surface area contributed by atoms with Crippen molar-refractivity contribution in [2.24, 2.45) is 0 Å². The first-order valence-electron chi connectivity index (χ1n) is 9.15. The first-order chi connectivity index (χ1) is 13.5. The lowest BCUT2D eigenvalue weighted by atomic mass is 10.1. The summed E-state index contributed by atoms with van der Waals surface area (Å²) in [4.78, 5) is 12.5. The number of aliphatic hydroxyl groups excluding tert-OH is 1. The van der Waals surface area contributed by atoms with Crippen molar-refractivity contribution in [1.29, 1.82) is 0 Å². The Balaban J connectivity index is 2.16. The number of aliphatic hydroxyl groups is 1. The van der Waals surface area contributed by atoms with Gasteiger partial charge in [-0.15, -0.1) is 0 Å². The van der Waals surface area contributed by atoms with E-state index in [9.17, 15) is 14.3 Å². The second kappa shape index (κ2) is 10.7. The fourth-order valence-corrected chi connectivity index (χ4v) is 2.83. The summed E-state index contributed by atoms with van der Waals surface area (Å²) in [7, 11) is 1.60. The minimum absolute atomic E-state index is 0.239. The predicted molar refractivity (Wildman–Crippen MR) is 106 cm³/mol. The Kier molecular flexibility index (Phi) is 8.37. The fraction of sp³-hybridized carbons (Fsp3) is 0.474. The number of aryl methyl sites for hydroxylation is 1. The average molecular weight is 393 g/mol. The lowest BCUT2D eigenvalue weighted by molar-refractivity contribution is 0.193. The summed E-state index contributed by atoms with van der Waals surface area (Å²) < 4.78 is 20.7. The molecule has 1 aromatic heterocycles. The molecule has 9 heteroatoms. The molecule has 0 saturated carbocycles. The standard InChI is InChI=1S/C19H28FN5O3/c1-13(20)17-14(2)24-25(16-7-5-4-6-8-16)18(17)23-19(27)22-15(12-26)11-21-9-10-28-3/h4-8,13,15,21,26H,9-12H2,1-3H3,(H2,22,23,27)/t13?,15-/m1/s1. The molecule has 0 radical (unpaired) electrons. The summed E-state index contributed by atoms with van der Waals surface area (Å²) in [5.41, 5.74) is 1.51. The smallest absolute Gasteiger partial charge is 0.320 e. The Labute approximate surface area is 164 Å². The number of ether oxygens (including phenoxy) is 1. The van der Waals surface area contributed by atoms with Crippen molar-refractivity contribution >= 4 is 11.8 Å². The molecule has 4 N–H and O–H groups in total. The summed E-state index contributed by atoms with van der Waals surface area (Å²) in [5, 5.41) is 22.3. The molecule has 1 unspecified atom stereocenters. The maximum absolute atomic E-state index is 14.2. The topological polar surface area (TPSA) is 100 Å². The largest absolute Gasteiger partial charge is 0.394 e. The number of carbonyl (C=O) groups is 1. The number of alkyl halides is 1. The number of amides is 2. The Hall–Kier alpha value is -2.49. The number of rotatable bonds is 10. The molecule has 2 amide bonds. The van der Waals surface area contributed by atoms with Gasteiger partial charge < -0.3 is 20.5 Å². The molecule has 0 aliphatic carbocycles. The van der Waals surface area contributed by atoms with E-state index in [2.05, 4.69) is 21.0 Å². The van der Waals surface area contributed by atoms with Crippen molar-refractivity contribution < 1.29 is 19.0 Å². The molecule has 2 aromatic rings. The molecular weight excluding hydrogens is 365 g/mol. The number of methoxy groups -OCH3 is 1. The predicted octanol–water partition coefficient (Wildman–Crippen LogP) is 1.93. The summed E-state index contributed by atoms with van der Waals surface area (Å²) in [5.74, 6) is 0.264. The number of hydrogen-bond donors (Lipinski definition) is 4. The van der Waals surface area contributed by atoms with Crippen molar-refractivity contribution in [1.82, 2.24) is 20.4 Å². The Morgan fingerprint density at radius 3 is 2.68 bits per heavy atom. The zero-order valence-electron chi connectivity index (χ0n) is 16.4. The van der Waals surface area contributed by atoms with E-state index in [1.165, 1.54) is 11.6 Å². The second-order valence-corrected chi connectivity index (χ2v) is 6.39. The number of nitrogens with one attached hydrogen (secondary N) is 3. The van der Waals surface area contributed by atoms with Crippen molar-refractivity contribution in [3.63, 3.8) is 0 Å². The summed E-state index contributed by atoms with van der Waals surface area (Å²) in [6.07, 6.45) is -1.31. The van der Waals surface area contributed by atoms with Crippen LogP contribution in [0.25, 0.3) is 5.69 Å². The van der Waals surface area contributed by atoms with E-state index in [0.29, 0.717) is 36.6 Å². The van der Waals surface area contributed by atoms with Crippen molar-refractivity contribution in [2.75, 3.05) is 38.7 Å². The highest BCUT2D eigenvalue weighted by Gasteiger charge is 2.23. The number of hydrogen-bond acceptors (Lipinski definition) is 5. The number of anilines is 1. The Morgan fingerprint density at radius 1 is 1.36 bits per heavy atom. The SMILES string of the molecule is COCCNC[C@H](CO)NC(=O)Nc1c(C(C)F)c(C)nn1-c1ccccc1. The van der Waals surface area contributed by atoms with Crippen LogP contribution in [0.15, 0.2) is 30.3 Å². The van der Waals surface area contributed by atoms with E-state index in [4.69, 9.17) is 4.74 Å². The molecule has 0 fully saturated rings. The van der Waals surface area contributed by atoms with Gasteiger partial charge in [0.15, 0.2) is 0 Å². The maximum atomic E-state index is 14.2. The molecule has 0 bridgehead atoms. The van der Waals surface area contributed by atoms with Crippen LogP contribution in [0, 0.1) is 6.92 Å². The van der Waals surface area contributed by atoms with Gasteiger partial charge in [0.2, 0.25) is 0 Å². The zero-order chi connectivity index (χ0) is 20.5. The molecule has 0 spiro atoms. The van der Waals surface area contributed by atoms with E-state index in [-0.39, 0.29) is 12.4 Å². The lowest BCUT2D eigenvalue weighted by Gasteiger charge is -2.18. The van der Waals surface area contributed by atoms with Crippen LogP contribution in [0.1, 0.15) is 24.4 Å². The molecule has 28 heavy (non-hydrogen) atoms. The van der Waals surface area contributed by atoms with Crippen LogP contribution in [-0.4, -0.2) is 60.4 Å². The van der Waals surface area contributed by atoms with E-state index in [0.717, 1.165) is 0 Å². The van der Waals surface area contributed by atoms with Gasteiger partial charge in [-0.05, 0) is 26.0 Å². The minimum Gasteiger partial charge on any atom is -0.394 e. The van der Waals surface area contributed by atoms with E-state index in [1.54, 1.807) is 14.0 Å². The van der Waals surface area contributed by atoms with Crippen molar-refractivity contribution in [2.45, 2.75) is 26.1 Å². The third-order valence-electron chi connectivity index (χ3n) is 4.17. The monoisotopic (exact) mass is 393 g/mol. The third kappa shape index (κ3) is 5.75. The number of nitrogens with zero attached hydrogens (tertiary/aromatic N) is 2. The highest BCUT2D eigenvalue weighted by Crippen LogP contribution is 2.31. The zero-order valence-corrected chi connectivity index (χ0v) is 16.4. The quantitative estimate of drug-likeness (QED) is 0.462. The number of carbonyl (C=O) groups excluding carboxylic acids is 1. The molecule has 2 atom stereocenters. The van der Waals surface area contributed by atoms with Gasteiger partial charge in [0.1, 0.15) is 12.0 Å². The van der Waals surface area contributed by atoms with Crippen molar-refractivity contribution in [3.05, 3.63) is 41.6 Å². The molecular formula is C19H28FN5O3. The highest BCUT2D eigenvalue weighted by atomic mass is 19.1. The van der Waals surface area contributed by atoms with E-state index in [1.807, 2.05) is 30.3 Å². The number of benzene rings is 1. The Bertz CT molecular complexity index is 752. The molecule has 154 valence electrons. The highest BCUT2D eigenvalue weighted by molar-refractivity contribution is 5.90. The number of halogens is 1. The van der Waals surface area contributed by atoms with E-state index >= 15 is 0 Å². The molecule has 0 aliphatic rings. The van der Waals surface area contributed by atoms with Gasteiger partial charge in [-0.1, -0.05) is 18.2 Å². The van der Waals surface area contributed by atoms with E-state index < -0.39 is 18.2 Å². The van der Waals surface area contributed by atoms with Crippen LogP contribution in [0.4, 0.5) is 15.0 Å². The van der Waals surface area contributed by atoms with Gasteiger partial charge in [-0.25, -0.2) is 13.9 Å². The van der Waals surface area contributed by atoms with Crippen LogP contribution in [0.5, 0.6) is 0 Å². The minimum atomic E-state index is -1.31. The molecule has 1 heterocycles. The molecule has 0 aliphatic heterocycles. The molecule has 8 nitrogen and oxygen atoms in total. The number of para-hydroxylation sites is 1. The summed E-state index contributed by atoms with van der Waals surface area (Å²) in [6.45, 7) is 4.35. The van der Waals surface area contributed by atoms with Crippen LogP contribution in [0.3, 0.4) is 0 Å².